The fourth-order valence-electron chi connectivity index (χ4n) is 3.66. The molecule has 2 aliphatic heterocycles. The van der Waals surface area contributed by atoms with Gasteiger partial charge >= 0.3 is 6.09 Å². The van der Waals surface area contributed by atoms with E-state index in [1.807, 2.05) is 24.3 Å². The predicted molar refractivity (Wildman–Crippen MR) is 101 cm³/mol. The van der Waals surface area contributed by atoms with Crippen molar-refractivity contribution in [3.63, 3.8) is 0 Å². The molecule has 7 nitrogen and oxygen atoms in total. The number of anilines is 1. The first-order valence-electron chi connectivity index (χ1n) is 9.67. The number of nitrogens with one attached hydrogen (secondary N) is 1. The van der Waals surface area contributed by atoms with Crippen molar-refractivity contribution >= 4 is 23.6 Å². The number of ether oxygens (including phenoxy) is 1. The Balaban J connectivity index is 1.53. The number of nitrogens with zero attached hydrogens (tertiary/aromatic N) is 2. The van der Waals surface area contributed by atoms with Crippen LogP contribution in [0, 0.1) is 0 Å². The summed E-state index contributed by atoms with van der Waals surface area (Å²) in [5.74, 6) is 0.211. The number of piperidine rings is 1. The van der Waals surface area contributed by atoms with Crippen molar-refractivity contribution in [3.05, 3.63) is 29.8 Å². The fourth-order valence-corrected chi connectivity index (χ4v) is 3.66. The van der Waals surface area contributed by atoms with Crippen LogP contribution in [-0.2, 0) is 20.7 Å². The number of rotatable bonds is 5. The monoisotopic (exact) mass is 373 g/mol. The van der Waals surface area contributed by atoms with Crippen LogP contribution in [0.5, 0.6) is 0 Å². The molecular weight excluding hydrogens is 346 g/mol. The third kappa shape index (κ3) is 4.99. The molecule has 3 amide bonds. The number of hydrogen-bond acceptors (Lipinski definition) is 4. The van der Waals surface area contributed by atoms with Gasteiger partial charge in [0.05, 0.1) is 13.0 Å². The summed E-state index contributed by atoms with van der Waals surface area (Å²) < 4.78 is 4.92. The first-order chi connectivity index (χ1) is 13.1. The summed E-state index contributed by atoms with van der Waals surface area (Å²) in [6.45, 7) is 4.08. The number of benzene rings is 1. The highest BCUT2D eigenvalue weighted by Crippen LogP contribution is 2.22. The second-order valence-electron chi connectivity index (χ2n) is 7.04. The van der Waals surface area contributed by atoms with Crippen molar-refractivity contribution in [1.29, 1.82) is 0 Å². The fraction of sp³-hybridized carbons (Fsp3) is 0.550. The minimum atomic E-state index is -0.427. The number of likely N-dealkylation sites (tertiary alicyclic amines) is 1. The molecule has 27 heavy (non-hydrogen) atoms. The highest BCUT2D eigenvalue weighted by molar-refractivity contribution is 5.95. The SMILES string of the molecule is CCOC(=O)NC1CCCN(C(=O)Cc2ccc(N3CCCC3=O)cc2)C1. The Morgan fingerprint density at radius 2 is 1.96 bits per heavy atom. The topological polar surface area (TPSA) is 79.0 Å². The molecule has 3 rings (SSSR count). The molecule has 0 radical (unpaired) electrons. The average molecular weight is 373 g/mol. The average Bonchev–Trinajstić information content (AvgIpc) is 3.09. The van der Waals surface area contributed by atoms with E-state index in [0.29, 0.717) is 32.5 Å². The van der Waals surface area contributed by atoms with Crippen molar-refractivity contribution in [2.45, 2.75) is 45.1 Å². The molecule has 1 aromatic rings. The standard InChI is InChI=1S/C20H27N3O4/c1-2-27-20(26)21-16-5-3-11-22(14-16)19(25)13-15-7-9-17(10-8-15)23-12-4-6-18(23)24/h7-10,16H,2-6,11-14H2,1H3,(H,21,26). The molecule has 2 aliphatic rings. The van der Waals surface area contributed by atoms with Crippen molar-refractivity contribution in [3.8, 4) is 0 Å². The summed E-state index contributed by atoms with van der Waals surface area (Å²) in [5, 5.41) is 2.82. The number of carbonyl (C=O) groups is 3. The van der Waals surface area contributed by atoms with Gasteiger partial charge in [-0.05, 0) is 43.9 Å². The zero-order valence-corrected chi connectivity index (χ0v) is 15.8. The predicted octanol–water partition coefficient (Wildman–Crippen LogP) is 2.09. The molecule has 146 valence electrons. The van der Waals surface area contributed by atoms with Crippen molar-refractivity contribution in [2.24, 2.45) is 0 Å². The molecule has 1 unspecified atom stereocenters. The van der Waals surface area contributed by atoms with Gasteiger partial charge < -0.3 is 19.9 Å². The summed E-state index contributed by atoms with van der Waals surface area (Å²) in [6.07, 6.45) is 3.11. The summed E-state index contributed by atoms with van der Waals surface area (Å²) >= 11 is 0. The van der Waals surface area contributed by atoms with Crippen LogP contribution in [0.15, 0.2) is 24.3 Å². The first kappa shape index (κ1) is 19.2. The quantitative estimate of drug-likeness (QED) is 0.857. The van der Waals surface area contributed by atoms with E-state index >= 15 is 0 Å². The normalized spacial score (nSPS) is 19.9. The molecule has 1 aromatic carbocycles. The van der Waals surface area contributed by atoms with E-state index in [-0.39, 0.29) is 17.9 Å². The number of hydrogen-bond donors (Lipinski definition) is 1. The van der Waals surface area contributed by atoms with Crippen LogP contribution in [0.4, 0.5) is 10.5 Å². The molecule has 0 bridgehead atoms. The van der Waals surface area contributed by atoms with Gasteiger partial charge in [0.15, 0.2) is 0 Å². The van der Waals surface area contributed by atoms with E-state index in [1.165, 1.54) is 0 Å². The Kier molecular flexibility index (Phi) is 6.32. The molecule has 0 spiro atoms. The Morgan fingerprint density at radius 3 is 2.63 bits per heavy atom. The van der Waals surface area contributed by atoms with Gasteiger partial charge in [-0.3, -0.25) is 9.59 Å². The molecule has 1 N–H and O–H groups in total. The van der Waals surface area contributed by atoms with Gasteiger partial charge in [-0.25, -0.2) is 4.79 Å². The Hall–Kier alpha value is -2.57. The van der Waals surface area contributed by atoms with E-state index < -0.39 is 6.09 Å². The van der Waals surface area contributed by atoms with Gasteiger partial charge in [0.25, 0.3) is 0 Å². The lowest BCUT2D eigenvalue weighted by Crippen LogP contribution is -2.50. The van der Waals surface area contributed by atoms with E-state index in [1.54, 1.807) is 16.7 Å². The van der Waals surface area contributed by atoms with Crippen LogP contribution in [0.2, 0.25) is 0 Å². The highest BCUT2D eigenvalue weighted by Gasteiger charge is 2.25. The van der Waals surface area contributed by atoms with Gasteiger partial charge in [0.1, 0.15) is 0 Å². The van der Waals surface area contributed by atoms with Crippen LogP contribution < -0.4 is 10.2 Å². The van der Waals surface area contributed by atoms with E-state index in [2.05, 4.69) is 5.32 Å². The van der Waals surface area contributed by atoms with E-state index in [9.17, 15) is 14.4 Å². The summed E-state index contributed by atoms with van der Waals surface area (Å²) in [6, 6.07) is 7.58. The zero-order valence-electron chi connectivity index (χ0n) is 15.8. The van der Waals surface area contributed by atoms with Crippen molar-refractivity contribution < 1.29 is 19.1 Å². The highest BCUT2D eigenvalue weighted by atomic mass is 16.5. The lowest BCUT2D eigenvalue weighted by molar-refractivity contribution is -0.131. The van der Waals surface area contributed by atoms with Crippen LogP contribution in [0.3, 0.4) is 0 Å². The lowest BCUT2D eigenvalue weighted by atomic mass is 10.0. The van der Waals surface area contributed by atoms with Crippen LogP contribution in [0.1, 0.15) is 38.2 Å². The Labute approximate surface area is 159 Å². The second kappa shape index (κ2) is 8.88. The molecule has 2 fully saturated rings. The molecule has 0 saturated carbocycles. The van der Waals surface area contributed by atoms with Gasteiger partial charge in [0.2, 0.25) is 11.8 Å². The maximum absolute atomic E-state index is 12.6. The van der Waals surface area contributed by atoms with Gasteiger partial charge in [-0.2, -0.15) is 0 Å². The maximum Gasteiger partial charge on any atom is 0.407 e. The molecule has 1 atom stereocenters. The van der Waals surface area contributed by atoms with Crippen LogP contribution >= 0.6 is 0 Å². The van der Waals surface area contributed by atoms with Gasteiger partial charge in [0, 0.05) is 37.8 Å². The molecule has 7 heteroatoms. The van der Waals surface area contributed by atoms with E-state index in [4.69, 9.17) is 4.74 Å². The van der Waals surface area contributed by atoms with Crippen LogP contribution in [-0.4, -0.2) is 55.1 Å². The van der Waals surface area contributed by atoms with E-state index in [0.717, 1.165) is 37.1 Å². The third-order valence-corrected chi connectivity index (χ3v) is 5.05. The second-order valence-corrected chi connectivity index (χ2v) is 7.04. The maximum atomic E-state index is 12.6. The third-order valence-electron chi connectivity index (χ3n) is 5.05. The van der Waals surface area contributed by atoms with Crippen LogP contribution in [0.25, 0.3) is 0 Å². The minimum absolute atomic E-state index is 0.0513. The van der Waals surface area contributed by atoms with Gasteiger partial charge in [-0.15, -0.1) is 0 Å². The van der Waals surface area contributed by atoms with Crippen molar-refractivity contribution in [1.82, 2.24) is 10.2 Å². The largest absolute Gasteiger partial charge is 0.450 e. The number of alkyl carbamates (subject to hydrolysis) is 1. The number of amides is 3. The summed E-state index contributed by atoms with van der Waals surface area (Å²) in [5.41, 5.74) is 1.82. The Morgan fingerprint density at radius 1 is 1.19 bits per heavy atom. The summed E-state index contributed by atoms with van der Waals surface area (Å²) in [4.78, 5) is 39.6. The minimum Gasteiger partial charge on any atom is -0.450 e. The molecule has 0 aromatic heterocycles. The lowest BCUT2D eigenvalue weighted by Gasteiger charge is -2.33. The molecule has 2 saturated heterocycles. The molecule has 2 heterocycles. The number of carbonyl (C=O) groups excluding carboxylic acids is 3. The molecule has 0 aliphatic carbocycles. The Bertz CT molecular complexity index is 689. The van der Waals surface area contributed by atoms with Crippen molar-refractivity contribution in [2.75, 3.05) is 31.1 Å². The molecular formula is C20H27N3O4. The zero-order chi connectivity index (χ0) is 19.2. The first-order valence-corrected chi connectivity index (χ1v) is 9.67. The summed E-state index contributed by atoms with van der Waals surface area (Å²) in [7, 11) is 0. The smallest absolute Gasteiger partial charge is 0.407 e. The van der Waals surface area contributed by atoms with Gasteiger partial charge in [-0.1, -0.05) is 12.1 Å².